The van der Waals surface area contributed by atoms with E-state index in [1.54, 1.807) is 0 Å². The number of unbranched alkanes of at least 4 members (excludes halogenated alkanes) is 13. The molecule has 1 unspecified atom stereocenters. The van der Waals surface area contributed by atoms with Crippen molar-refractivity contribution in [3.8, 4) is 0 Å². The van der Waals surface area contributed by atoms with E-state index in [0.717, 1.165) is 12.8 Å². The summed E-state index contributed by atoms with van der Waals surface area (Å²) in [5.41, 5.74) is 0. The maximum atomic E-state index is 10.1. The lowest BCUT2D eigenvalue weighted by Gasteiger charge is -2.39. The Kier molecular flexibility index (Phi) is 15.2. The molecule has 0 radical (unpaired) electrons. The van der Waals surface area contributed by atoms with Crippen LogP contribution in [-0.2, 0) is 9.47 Å². The fraction of sp³-hybridized carbons (Fsp3) is 1.00. The number of hydrogen-bond donors (Lipinski definition) is 4. The Balaban J connectivity index is 1.92. The number of aliphatic hydroxyl groups excluding tert-OH is 4. The van der Waals surface area contributed by atoms with Gasteiger partial charge in [0.25, 0.3) is 0 Å². The summed E-state index contributed by atoms with van der Waals surface area (Å²) < 4.78 is 10.5. The van der Waals surface area contributed by atoms with Crippen LogP contribution in [0.4, 0.5) is 0 Å². The number of rotatable bonds is 17. The molecule has 4 N–H and O–H groups in total. The van der Waals surface area contributed by atoms with E-state index in [0.29, 0.717) is 6.61 Å². The molecule has 0 aliphatic carbocycles. The van der Waals surface area contributed by atoms with E-state index in [1.165, 1.54) is 77.0 Å². The Labute approximate surface area is 171 Å². The Hall–Kier alpha value is -0.240. The molecule has 1 aliphatic rings. The largest absolute Gasteiger partial charge is 0.394 e. The van der Waals surface area contributed by atoms with E-state index in [9.17, 15) is 15.3 Å². The van der Waals surface area contributed by atoms with E-state index in [4.69, 9.17) is 14.6 Å². The van der Waals surface area contributed by atoms with Gasteiger partial charge in [-0.1, -0.05) is 90.4 Å². The zero-order valence-corrected chi connectivity index (χ0v) is 17.8. The SMILES string of the molecule is CCCCCCCCCCCCCCCCO[C@H]1[C@H](O)[C@@H](CO)OC(O)[C@@H]1O. The van der Waals surface area contributed by atoms with E-state index in [2.05, 4.69) is 6.92 Å². The van der Waals surface area contributed by atoms with Crippen LogP contribution in [0.15, 0.2) is 0 Å². The lowest BCUT2D eigenvalue weighted by Crippen LogP contribution is -2.59. The summed E-state index contributed by atoms with van der Waals surface area (Å²) in [7, 11) is 0. The first-order valence-corrected chi connectivity index (χ1v) is 11.5. The Morgan fingerprint density at radius 1 is 0.679 bits per heavy atom. The highest BCUT2D eigenvalue weighted by molar-refractivity contribution is 4.89. The molecule has 0 saturated carbocycles. The smallest absolute Gasteiger partial charge is 0.184 e. The summed E-state index contributed by atoms with van der Waals surface area (Å²) in [4.78, 5) is 0. The van der Waals surface area contributed by atoms with Gasteiger partial charge in [0.1, 0.15) is 24.4 Å². The summed E-state index contributed by atoms with van der Waals surface area (Å²) in [6.45, 7) is 2.25. The van der Waals surface area contributed by atoms with Crippen molar-refractivity contribution in [2.45, 2.75) is 128 Å². The molecule has 0 aromatic heterocycles. The van der Waals surface area contributed by atoms with Crippen LogP contribution in [0, 0.1) is 0 Å². The molecule has 1 heterocycles. The molecule has 5 atom stereocenters. The summed E-state index contributed by atoms with van der Waals surface area (Å²) in [6, 6.07) is 0. The van der Waals surface area contributed by atoms with Crippen molar-refractivity contribution in [3.05, 3.63) is 0 Å². The third-order valence-electron chi connectivity index (χ3n) is 5.65. The van der Waals surface area contributed by atoms with Crippen LogP contribution in [0.2, 0.25) is 0 Å². The van der Waals surface area contributed by atoms with Gasteiger partial charge in [-0.3, -0.25) is 0 Å². The predicted molar refractivity (Wildman–Crippen MR) is 110 cm³/mol. The Bertz CT molecular complexity index is 354. The van der Waals surface area contributed by atoms with Crippen molar-refractivity contribution in [2.75, 3.05) is 13.2 Å². The average Bonchev–Trinajstić information content (AvgIpc) is 2.69. The second kappa shape index (κ2) is 16.5. The lowest BCUT2D eigenvalue weighted by molar-refractivity contribution is -0.294. The van der Waals surface area contributed by atoms with E-state index >= 15 is 0 Å². The van der Waals surface area contributed by atoms with Crippen LogP contribution < -0.4 is 0 Å². The van der Waals surface area contributed by atoms with Crippen molar-refractivity contribution >= 4 is 0 Å². The first-order chi connectivity index (χ1) is 13.6. The maximum Gasteiger partial charge on any atom is 0.184 e. The molecule has 0 aromatic rings. The minimum atomic E-state index is -1.44. The monoisotopic (exact) mass is 404 g/mol. The van der Waals surface area contributed by atoms with Crippen LogP contribution >= 0.6 is 0 Å². The molecule has 6 heteroatoms. The highest BCUT2D eigenvalue weighted by Gasteiger charge is 2.44. The van der Waals surface area contributed by atoms with Gasteiger partial charge in [0.05, 0.1) is 6.61 Å². The maximum absolute atomic E-state index is 10.1. The summed E-state index contributed by atoms with van der Waals surface area (Å²) in [6.07, 6.45) is 12.2. The number of hydrogen-bond acceptors (Lipinski definition) is 6. The van der Waals surface area contributed by atoms with Gasteiger partial charge in [-0.05, 0) is 6.42 Å². The summed E-state index contributed by atoms with van der Waals surface area (Å²) in [5, 5.41) is 38.7. The van der Waals surface area contributed by atoms with Crippen molar-refractivity contribution in [2.24, 2.45) is 0 Å². The second-order valence-corrected chi connectivity index (χ2v) is 8.16. The highest BCUT2D eigenvalue weighted by Crippen LogP contribution is 2.22. The number of aliphatic hydroxyl groups is 4. The third kappa shape index (κ3) is 10.5. The van der Waals surface area contributed by atoms with Crippen LogP contribution in [-0.4, -0.2) is 64.3 Å². The molecule has 1 saturated heterocycles. The van der Waals surface area contributed by atoms with Gasteiger partial charge in [-0.15, -0.1) is 0 Å². The van der Waals surface area contributed by atoms with Crippen LogP contribution in [0.5, 0.6) is 0 Å². The molecule has 0 aromatic carbocycles. The topological polar surface area (TPSA) is 99.4 Å². The minimum Gasteiger partial charge on any atom is -0.394 e. The normalized spacial score (nSPS) is 28.0. The van der Waals surface area contributed by atoms with Crippen LogP contribution in [0.3, 0.4) is 0 Å². The molecule has 28 heavy (non-hydrogen) atoms. The predicted octanol–water partition coefficient (Wildman–Crippen LogP) is 3.28. The quantitative estimate of drug-likeness (QED) is 0.278. The molecule has 6 nitrogen and oxygen atoms in total. The van der Waals surface area contributed by atoms with Crippen LogP contribution in [0.1, 0.15) is 96.8 Å². The molecular weight excluding hydrogens is 360 g/mol. The van der Waals surface area contributed by atoms with Gasteiger partial charge in [0.15, 0.2) is 6.29 Å². The van der Waals surface area contributed by atoms with Crippen molar-refractivity contribution in [1.82, 2.24) is 0 Å². The highest BCUT2D eigenvalue weighted by atomic mass is 16.6. The van der Waals surface area contributed by atoms with E-state index < -0.39 is 37.3 Å². The van der Waals surface area contributed by atoms with Crippen molar-refractivity contribution in [1.29, 1.82) is 0 Å². The Morgan fingerprint density at radius 3 is 1.61 bits per heavy atom. The van der Waals surface area contributed by atoms with Crippen molar-refractivity contribution in [3.63, 3.8) is 0 Å². The molecule has 1 fully saturated rings. The molecule has 0 spiro atoms. The summed E-state index contributed by atoms with van der Waals surface area (Å²) >= 11 is 0. The molecule has 0 bridgehead atoms. The van der Waals surface area contributed by atoms with Gasteiger partial charge in [0.2, 0.25) is 0 Å². The molecular formula is C22H44O6. The fourth-order valence-electron chi connectivity index (χ4n) is 3.78. The first kappa shape index (κ1) is 25.8. The zero-order chi connectivity index (χ0) is 20.6. The molecule has 1 rings (SSSR count). The minimum absolute atomic E-state index is 0.418. The first-order valence-electron chi connectivity index (χ1n) is 11.5. The van der Waals surface area contributed by atoms with Gasteiger partial charge in [-0.25, -0.2) is 0 Å². The fourth-order valence-corrected chi connectivity index (χ4v) is 3.78. The van der Waals surface area contributed by atoms with Gasteiger partial charge in [0, 0.05) is 6.61 Å². The standard InChI is InChI=1S/C22H44O6/c1-2-3-4-5-6-7-8-9-10-11-12-13-14-15-16-27-21-19(24)18(17-23)28-22(26)20(21)25/h18-26H,2-17H2,1H3/t18-,19-,20-,21+,22?/m1/s1. The van der Waals surface area contributed by atoms with Gasteiger partial charge >= 0.3 is 0 Å². The average molecular weight is 405 g/mol. The van der Waals surface area contributed by atoms with E-state index in [-0.39, 0.29) is 0 Å². The third-order valence-corrected chi connectivity index (χ3v) is 5.65. The molecule has 1 aliphatic heterocycles. The number of ether oxygens (including phenoxy) is 2. The van der Waals surface area contributed by atoms with Crippen molar-refractivity contribution < 1.29 is 29.9 Å². The van der Waals surface area contributed by atoms with Gasteiger partial charge in [-0.2, -0.15) is 0 Å². The Morgan fingerprint density at radius 2 is 1.14 bits per heavy atom. The van der Waals surface area contributed by atoms with E-state index in [1.807, 2.05) is 0 Å². The second-order valence-electron chi connectivity index (χ2n) is 8.16. The lowest BCUT2D eigenvalue weighted by atomic mass is 9.99. The molecule has 0 amide bonds. The zero-order valence-electron chi connectivity index (χ0n) is 17.8. The summed E-state index contributed by atoms with van der Waals surface area (Å²) in [5.74, 6) is 0. The van der Waals surface area contributed by atoms with Gasteiger partial charge < -0.3 is 29.9 Å². The molecule has 168 valence electrons. The van der Waals surface area contributed by atoms with Crippen LogP contribution in [0.25, 0.3) is 0 Å².